The molecule has 0 aliphatic rings. The quantitative estimate of drug-likeness (QED) is 0.790. The van der Waals surface area contributed by atoms with Crippen LogP contribution in [0.5, 0.6) is 0 Å². The van der Waals surface area contributed by atoms with Crippen molar-refractivity contribution in [2.45, 2.75) is 39.7 Å². The van der Waals surface area contributed by atoms with E-state index in [1.807, 2.05) is 17.4 Å². The van der Waals surface area contributed by atoms with E-state index in [9.17, 15) is 5.11 Å². The van der Waals surface area contributed by atoms with Gasteiger partial charge in [0.15, 0.2) is 0 Å². The molecule has 2 aromatic heterocycles. The van der Waals surface area contributed by atoms with Gasteiger partial charge in [-0.3, -0.25) is 0 Å². The van der Waals surface area contributed by atoms with Crippen LogP contribution in [0.15, 0.2) is 42.6 Å². The number of imidazole rings is 1. The Labute approximate surface area is 131 Å². The van der Waals surface area contributed by atoms with Gasteiger partial charge in [0.05, 0.1) is 17.5 Å². The van der Waals surface area contributed by atoms with Gasteiger partial charge in [-0.1, -0.05) is 42.8 Å². The molecule has 22 heavy (non-hydrogen) atoms. The lowest BCUT2D eigenvalue weighted by Crippen LogP contribution is -2.05. The van der Waals surface area contributed by atoms with Crippen molar-refractivity contribution in [1.29, 1.82) is 0 Å². The Hall–Kier alpha value is -2.13. The van der Waals surface area contributed by atoms with Crippen LogP contribution in [0.25, 0.3) is 5.65 Å². The first kappa shape index (κ1) is 14.8. The van der Waals surface area contributed by atoms with E-state index in [0.717, 1.165) is 29.0 Å². The molecule has 0 fully saturated rings. The van der Waals surface area contributed by atoms with Gasteiger partial charge in [-0.25, -0.2) is 4.98 Å². The summed E-state index contributed by atoms with van der Waals surface area (Å²) in [6.45, 7) is 6.15. The molecule has 0 aliphatic heterocycles. The summed E-state index contributed by atoms with van der Waals surface area (Å²) in [5, 5.41) is 10.5. The number of hydrogen-bond acceptors (Lipinski definition) is 2. The lowest BCUT2D eigenvalue weighted by molar-refractivity contribution is 0.167. The third-order valence-corrected chi connectivity index (χ3v) is 4.04. The molecule has 1 N–H and O–H groups in total. The fourth-order valence-corrected chi connectivity index (χ4v) is 2.91. The third-order valence-electron chi connectivity index (χ3n) is 4.04. The van der Waals surface area contributed by atoms with Gasteiger partial charge < -0.3 is 9.51 Å². The summed E-state index contributed by atoms with van der Waals surface area (Å²) >= 11 is 0. The van der Waals surface area contributed by atoms with E-state index < -0.39 is 6.10 Å². The number of aliphatic hydroxyl groups excluding tert-OH is 1. The largest absolute Gasteiger partial charge is 0.387 e. The lowest BCUT2D eigenvalue weighted by atomic mass is 10.0. The van der Waals surface area contributed by atoms with E-state index in [2.05, 4.69) is 50.4 Å². The molecule has 3 heteroatoms. The van der Waals surface area contributed by atoms with E-state index in [1.165, 1.54) is 11.1 Å². The highest BCUT2D eigenvalue weighted by Gasteiger charge is 2.18. The number of pyridine rings is 1. The van der Waals surface area contributed by atoms with Crippen LogP contribution in [-0.4, -0.2) is 14.5 Å². The number of aromatic nitrogens is 2. The van der Waals surface area contributed by atoms with E-state index in [0.29, 0.717) is 6.42 Å². The average molecular weight is 294 g/mol. The first-order chi connectivity index (χ1) is 10.6. The van der Waals surface area contributed by atoms with Gasteiger partial charge in [0, 0.05) is 12.6 Å². The summed E-state index contributed by atoms with van der Waals surface area (Å²) in [7, 11) is 0. The molecule has 3 nitrogen and oxygen atoms in total. The van der Waals surface area contributed by atoms with E-state index in [-0.39, 0.29) is 0 Å². The van der Waals surface area contributed by atoms with Crippen LogP contribution >= 0.6 is 0 Å². The highest BCUT2D eigenvalue weighted by Crippen LogP contribution is 2.25. The summed E-state index contributed by atoms with van der Waals surface area (Å²) < 4.78 is 2.04. The zero-order valence-corrected chi connectivity index (χ0v) is 13.4. The van der Waals surface area contributed by atoms with Crippen molar-refractivity contribution in [3.63, 3.8) is 0 Å². The maximum Gasteiger partial charge on any atom is 0.137 e. The van der Waals surface area contributed by atoms with Gasteiger partial charge in [-0.15, -0.1) is 0 Å². The molecule has 3 rings (SSSR count). The lowest BCUT2D eigenvalue weighted by Gasteiger charge is -2.11. The SMILES string of the molecule is CCC(O)c1c(Cc2cccc(C)c2)nc2ccc(C)cn12. The third kappa shape index (κ3) is 2.77. The molecule has 2 heterocycles. The highest BCUT2D eigenvalue weighted by atomic mass is 16.3. The molecule has 0 bridgehead atoms. The second-order valence-corrected chi connectivity index (χ2v) is 5.97. The number of nitrogens with zero attached hydrogens (tertiary/aromatic N) is 2. The molecule has 0 amide bonds. The average Bonchev–Trinajstić information content (AvgIpc) is 2.83. The zero-order valence-electron chi connectivity index (χ0n) is 13.4. The van der Waals surface area contributed by atoms with Gasteiger partial charge >= 0.3 is 0 Å². The van der Waals surface area contributed by atoms with Crippen molar-refractivity contribution in [3.8, 4) is 0 Å². The maximum atomic E-state index is 10.5. The smallest absolute Gasteiger partial charge is 0.137 e. The Balaban J connectivity index is 2.11. The topological polar surface area (TPSA) is 37.5 Å². The molecule has 0 spiro atoms. The summed E-state index contributed by atoms with van der Waals surface area (Å²) in [6, 6.07) is 12.5. The molecule has 3 aromatic rings. The van der Waals surface area contributed by atoms with E-state index >= 15 is 0 Å². The standard InChI is InChI=1S/C19H22N2O/c1-4-17(22)19-16(11-15-7-5-6-13(2)10-15)20-18-9-8-14(3)12-21(18)19/h5-10,12,17,22H,4,11H2,1-3H3. The van der Waals surface area contributed by atoms with Crippen LogP contribution in [0.4, 0.5) is 0 Å². The number of rotatable bonds is 4. The Kier molecular flexibility index (Phi) is 3.99. The van der Waals surface area contributed by atoms with Gasteiger partial charge in [0.2, 0.25) is 0 Å². The van der Waals surface area contributed by atoms with Crippen molar-refractivity contribution in [2.24, 2.45) is 0 Å². The monoisotopic (exact) mass is 294 g/mol. The Morgan fingerprint density at radius 1 is 1.14 bits per heavy atom. The fraction of sp³-hybridized carbons (Fsp3) is 0.316. The normalized spacial score (nSPS) is 12.7. The van der Waals surface area contributed by atoms with Crippen molar-refractivity contribution < 1.29 is 5.11 Å². The number of aryl methyl sites for hydroxylation is 2. The maximum absolute atomic E-state index is 10.5. The molecular formula is C19H22N2O. The molecule has 0 radical (unpaired) electrons. The molecule has 0 aliphatic carbocycles. The first-order valence-corrected chi connectivity index (χ1v) is 7.79. The fourth-order valence-electron chi connectivity index (χ4n) is 2.91. The highest BCUT2D eigenvalue weighted by molar-refractivity contribution is 5.46. The predicted molar refractivity (Wildman–Crippen MR) is 89.2 cm³/mol. The zero-order chi connectivity index (χ0) is 15.7. The van der Waals surface area contributed by atoms with Gasteiger partial charge in [-0.2, -0.15) is 0 Å². The molecule has 0 saturated heterocycles. The molecule has 114 valence electrons. The summed E-state index contributed by atoms with van der Waals surface area (Å²) in [4.78, 5) is 4.75. The minimum atomic E-state index is -0.489. The Morgan fingerprint density at radius 2 is 1.95 bits per heavy atom. The van der Waals surface area contributed by atoms with Crippen LogP contribution in [0.2, 0.25) is 0 Å². The molecule has 1 aromatic carbocycles. The second-order valence-electron chi connectivity index (χ2n) is 5.97. The van der Waals surface area contributed by atoms with E-state index in [4.69, 9.17) is 4.98 Å². The van der Waals surface area contributed by atoms with Crippen LogP contribution in [0.1, 0.15) is 47.5 Å². The second kappa shape index (κ2) is 5.93. The molecule has 1 atom stereocenters. The van der Waals surface area contributed by atoms with Crippen LogP contribution < -0.4 is 0 Å². The summed E-state index contributed by atoms with van der Waals surface area (Å²) in [6.07, 6.45) is 2.99. The number of benzene rings is 1. The van der Waals surface area contributed by atoms with Crippen molar-refractivity contribution in [1.82, 2.24) is 9.38 Å². The minimum Gasteiger partial charge on any atom is -0.387 e. The molecule has 1 unspecified atom stereocenters. The predicted octanol–water partition coefficient (Wildman–Crippen LogP) is 3.99. The first-order valence-electron chi connectivity index (χ1n) is 7.79. The summed E-state index contributed by atoms with van der Waals surface area (Å²) in [5.74, 6) is 0. The minimum absolute atomic E-state index is 0.489. The van der Waals surface area contributed by atoms with Gasteiger partial charge in [0.25, 0.3) is 0 Å². The van der Waals surface area contributed by atoms with Crippen molar-refractivity contribution in [3.05, 3.63) is 70.7 Å². The number of fused-ring (bicyclic) bond motifs is 1. The molecule has 0 saturated carbocycles. The number of aliphatic hydroxyl groups is 1. The van der Waals surface area contributed by atoms with Crippen LogP contribution in [0, 0.1) is 13.8 Å². The van der Waals surface area contributed by atoms with Crippen LogP contribution in [0.3, 0.4) is 0 Å². The van der Waals surface area contributed by atoms with Gasteiger partial charge in [-0.05, 0) is 37.5 Å². The Bertz CT molecular complexity index is 804. The Morgan fingerprint density at radius 3 is 2.68 bits per heavy atom. The van der Waals surface area contributed by atoms with Crippen molar-refractivity contribution >= 4 is 5.65 Å². The van der Waals surface area contributed by atoms with Crippen molar-refractivity contribution in [2.75, 3.05) is 0 Å². The van der Waals surface area contributed by atoms with Gasteiger partial charge in [0.1, 0.15) is 5.65 Å². The van der Waals surface area contributed by atoms with E-state index in [1.54, 1.807) is 0 Å². The molecular weight excluding hydrogens is 272 g/mol. The summed E-state index contributed by atoms with van der Waals surface area (Å²) in [5.41, 5.74) is 6.42. The number of hydrogen-bond donors (Lipinski definition) is 1. The van der Waals surface area contributed by atoms with Crippen LogP contribution in [-0.2, 0) is 6.42 Å².